The first-order valence-corrected chi connectivity index (χ1v) is 6.31. The van der Waals surface area contributed by atoms with Gasteiger partial charge in [0.1, 0.15) is 11.6 Å². The molecule has 0 aliphatic heterocycles. The molecule has 88 valence electrons. The molecule has 0 aromatic carbocycles. The predicted octanol–water partition coefficient (Wildman–Crippen LogP) is 0.976. The van der Waals surface area contributed by atoms with Crippen LogP contribution in [0, 0.1) is 6.92 Å². The van der Waals surface area contributed by atoms with E-state index in [1.54, 1.807) is 13.0 Å². The third-order valence-electron chi connectivity index (χ3n) is 1.91. The van der Waals surface area contributed by atoms with Crippen LogP contribution in [-0.4, -0.2) is 25.7 Å². The number of hydrogen-bond acceptors (Lipinski definition) is 4. The third kappa shape index (κ3) is 3.39. The smallest absolute Gasteiger partial charge is 0.186 e. The largest absolute Gasteiger partial charge is 0.327 e. The van der Waals surface area contributed by atoms with Crippen LogP contribution in [0.2, 0.25) is 0 Å². The number of sulfone groups is 1. The third-order valence-corrected chi connectivity index (χ3v) is 3.53. The highest BCUT2D eigenvalue weighted by atomic mass is 32.2. The van der Waals surface area contributed by atoms with Gasteiger partial charge in [-0.3, -0.25) is 4.98 Å². The van der Waals surface area contributed by atoms with Crippen LogP contribution >= 0.6 is 0 Å². The summed E-state index contributed by atoms with van der Waals surface area (Å²) in [5.41, 5.74) is 5.79. The summed E-state index contributed by atoms with van der Waals surface area (Å²) in [7, 11) is -3.66. The van der Waals surface area contributed by atoms with E-state index in [-0.39, 0.29) is 11.4 Å². The molecular weight excluding hydrogens is 231 g/mol. The fraction of sp³-hybridized carbons (Fsp3) is 0.300. The second-order valence-electron chi connectivity index (χ2n) is 3.28. The van der Waals surface area contributed by atoms with Gasteiger partial charge in [0.2, 0.25) is 0 Å². The maximum absolute atomic E-state index is 13.0. The minimum absolute atomic E-state index is 0.0127. The second kappa shape index (κ2) is 5.18. The van der Waals surface area contributed by atoms with Crippen molar-refractivity contribution < 1.29 is 12.8 Å². The predicted molar refractivity (Wildman–Crippen MR) is 59.3 cm³/mol. The summed E-state index contributed by atoms with van der Waals surface area (Å²) >= 11 is 0. The van der Waals surface area contributed by atoms with Crippen LogP contribution in [0.25, 0.3) is 0 Å². The van der Waals surface area contributed by atoms with Gasteiger partial charge in [0.15, 0.2) is 9.84 Å². The molecule has 6 heteroatoms. The maximum Gasteiger partial charge on any atom is 0.186 e. The highest BCUT2D eigenvalue weighted by molar-refractivity contribution is 7.91. The van der Waals surface area contributed by atoms with E-state index in [4.69, 9.17) is 5.73 Å². The molecule has 16 heavy (non-hydrogen) atoms. The van der Waals surface area contributed by atoms with Gasteiger partial charge in [-0.15, -0.1) is 0 Å². The Morgan fingerprint density at radius 2 is 2.25 bits per heavy atom. The number of nitrogens with zero attached hydrogens (tertiary/aromatic N) is 1. The molecule has 1 heterocycles. The van der Waals surface area contributed by atoms with Gasteiger partial charge in [-0.05, 0) is 25.1 Å². The summed E-state index contributed by atoms with van der Waals surface area (Å²) in [6.07, 6.45) is 2.26. The molecular formula is C10H13FN2O2S. The molecule has 0 aliphatic carbocycles. The normalized spacial score (nSPS) is 12.8. The lowest BCUT2D eigenvalue weighted by atomic mass is 10.4. The van der Waals surface area contributed by atoms with E-state index in [0.29, 0.717) is 5.69 Å². The number of aromatic nitrogens is 1. The first kappa shape index (κ1) is 12.8. The van der Waals surface area contributed by atoms with E-state index in [1.165, 1.54) is 12.3 Å². The SMILES string of the molecule is Cc1ccc(S(=O)(=O)C/C(F)=C/CN)cn1. The van der Waals surface area contributed by atoms with Gasteiger partial charge < -0.3 is 5.73 Å². The van der Waals surface area contributed by atoms with Crippen LogP contribution < -0.4 is 5.73 Å². The van der Waals surface area contributed by atoms with Crippen LogP contribution in [0.5, 0.6) is 0 Å². The van der Waals surface area contributed by atoms with E-state index in [1.807, 2.05) is 0 Å². The molecule has 0 fully saturated rings. The molecule has 0 unspecified atom stereocenters. The zero-order chi connectivity index (χ0) is 12.2. The van der Waals surface area contributed by atoms with Crippen LogP contribution in [0.15, 0.2) is 35.1 Å². The van der Waals surface area contributed by atoms with Crippen molar-refractivity contribution in [3.05, 3.63) is 35.9 Å². The maximum atomic E-state index is 13.0. The lowest BCUT2D eigenvalue weighted by molar-refractivity contribution is 0.582. The van der Waals surface area contributed by atoms with Crippen LogP contribution in [-0.2, 0) is 9.84 Å². The molecule has 1 rings (SSSR count). The first-order chi connectivity index (χ1) is 7.45. The monoisotopic (exact) mass is 244 g/mol. The van der Waals surface area contributed by atoms with E-state index < -0.39 is 21.4 Å². The average molecular weight is 244 g/mol. The lowest BCUT2D eigenvalue weighted by Crippen LogP contribution is -2.09. The van der Waals surface area contributed by atoms with Crippen molar-refractivity contribution in [3.63, 3.8) is 0 Å². The zero-order valence-electron chi connectivity index (χ0n) is 8.85. The van der Waals surface area contributed by atoms with Gasteiger partial charge >= 0.3 is 0 Å². The van der Waals surface area contributed by atoms with Crippen LogP contribution in [0.4, 0.5) is 4.39 Å². The Bertz CT molecular complexity index is 480. The van der Waals surface area contributed by atoms with Crippen molar-refractivity contribution >= 4 is 9.84 Å². The number of rotatable bonds is 4. The first-order valence-electron chi connectivity index (χ1n) is 4.66. The molecule has 0 saturated heterocycles. The van der Waals surface area contributed by atoms with Gasteiger partial charge in [-0.25, -0.2) is 12.8 Å². The fourth-order valence-electron chi connectivity index (χ4n) is 1.09. The summed E-state index contributed by atoms with van der Waals surface area (Å²) in [6.45, 7) is 1.72. The Hall–Kier alpha value is -1.27. The molecule has 1 aromatic rings. The van der Waals surface area contributed by atoms with Gasteiger partial charge in [0.05, 0.1) is 4.90 Å². The number of nitrogens with two attached hydrogens (primary N) is 1. The van der Waals surface area contributed by atoms with Crippen molar-refractivity contribution in [2.24, 2.45) is 5.73 Å². The molecule has 0 amide bonds. The van der Waals surface area contributed by atoms with E-state index in [0.717, 1.165) is 6.08 Å². The highest BCUT2D eigenvalue weighted by Crippen LogP contribution is 2.13. The van der Waals surface area contributed by atoms with E-state index in [9.17, 15) is 12.8 Å². The van der Waals surface area contributed by atoms with E-state index >= 15 is 0 Å². The lowest BCUT2D eigenvalue weighted by Gasteiger charge is -2.02. The minimum Gasteiger partial charge on any atom is -0.327 e. The van der Waals surface area contributed by atoms with Crippen molar-refractivity contribution in [2.45, 2.75) is 11.8 Å². The summed E-state index contributed by atoms with van der Waals surface area (Å²) in [6, 6.07) is 2.98. The Labute approximate surface area is 93.9 Å². The van der Waals surface area contributed by atoms with Gasteiger partial charge in [-0.1, -0.05) is 0 Å². The van der Waals surface area contributed by atoms with E-state index in [2.05, 4.69) is 4.98 Å². The number of hydrogen-bond donors (Lipinski definition) is 1. The molecule has 0 radical (unpaired) electrons. The number of pyridine rings is 1. The Morgan fingerprint density at radius 1 is 1.56 bits per heavy atom. The Balaban J connectivity index is 2.95. The minimum atomic E-state index is -3.66. The molecule has 0 atom stereocenters. The summed E-state index contributed by atoms with van der Waals surface area (Å²) < 4.78 is 36.4. The molecule has 0 bridgehead atoms. The zero-order valence-corrected chi connectivity index (χ0v) is 9.67. The van der Waals surface area contributed by atoms with Crippen LogP contribution in [0.1, 0.15) is 5.69 Å². The molecule has 0 spiro atoms. The second-order valence-corrected chi connectivity index (χ2v) is 5.27. The standard InChI is InChI=1S/C10H13FN2O2S/c1-8-2-3-10(6-13-8)16(14,15)7-9(11)4-5-12/h2-4,6H,5,7,12H2,1H3/b9-4-. The summed E-state index contributed by atoms with van der Waals surface area (Å²) in [5.74, 6) is -1.42. The van der Waals surface area contributed by atoms with Crippen molar-refractivity contribution in [3.8, 4) is 0 Å². The van der Waals surface area contributed by atoms with Gasteiger partial charge in [-0.2, -0.15) is 0 Å². The molecule has 0 aliphatic rings. The average Bonchev–Trinajstić information content (AvgIpc) is 2.17. The molecule has 2 N–H and O–H groups in total. The Kier molecular flexibility index (Phi) is 4.14. The quantitative estimate of drug-likeness (QED) is 0.856. The Morgan fingerprint density at radius 3 is 2.75 bits per heavy atom. The van der Waals surface area contributed by atoms with Crippen molar-refractivity contribution in [1.29, 1.82) is 0 Å². The van der Waals surface area contributed by atoms with Crippen LogP contribution in [0.3, 0.4) is 0 Å². The number of halogens is 1. The molecule has 1 aromatic heterocycles. The van der Waals surface area contributed by atoms with Crippen molar-refractivity contribution in [1.82, 2.24) is 4.98 Å². The van der Waals surface area contributed by atoms with Gasteiger partial charge in [0.25, 0.3) is 0 Å². The summed E-state index contributed by atoms with van der Waals surface area (Å²) in [5, 5.41) is 0. The molecule has 0 saturated carbocycles. The topological polar surface area (TPSA) is 73.0 Å². The molecule has 4 nitrogen and oxygen atoms in total. The van der Waals surface area contributed by atoms with Crippen molar-refractivity contribution in [2.75, 3.05) is 12.3 Å². The highest BCUT2D eigenvalue weighted by Gasteiger charge is 2.16. The van der Waals surface area contributed by atoms with Gasteiger partial charge in [0, 0.05) is 18.4 Å². The fourth-order valence-corrected chi connectivity index (χ4v) is 2.23. The number of aryl methyl sites for hydroxylation is 1. The summed E-state index contributed by atoms with van der Waals surface area (Å²) in [4.78, 5) is 3.87.